The molecule has 9 heteroatoms. The molecule has 0 spiro atoms. The van der Waals surface area contributed by atoms with Gasteiger partial charge >= 0.3 is 10.7 Å². The van der Waals surface area contributed by atoms with Crippen molar-refractivity contribution in [2.75, 3.05) is 0 Å². The van der Waals surface area contributed by atoms with E-state index in [0.717, 1.165) is 11.3 Å². The van der Waals surface area contributed by atoms with Crippen LogP contribution in [-0.2, 0) is 0 Å². The van der Waals surface area contributed by atoms with Crippen LogP contribution in [0, 0.1) is 0 Å². The van der Waals surface area contributed by atoms with Crippen molar-refractivity contribution in [3.05, 3.63) is 45.1 Å². The highest BCUT2D eigenvalue weighted by molar-refractivity contribution is 7.11. The molecule has 19 heavy (non-hydrogen) atoms. The van der Waals surface area contributed by atoms with Crippen LogP contribution in [0.2, 0.25) is 0 Å². The molecule has 2 rings (SSSR count). The van der Waals surface area contributed by atoms with Gasteiger partial charge in [-0.15, -0.1) is 5.10 Å². The van der Waals surface area contributed by atoms with Crippen LogP contribution in [-0.4, -0.2) is 22.7 Å². The summed E-state index contributed by atoms with van der Waals surface area (Å²) in [6, 6.07) is 4.62. The van der Waals surface area contributed by atoms with Crippen molar-refractivity contribution >= 4 is 23.6 Å². The lowest BCUT2D eigenvalue weighted by molar-refractivity contribution is -0.599. The van der Waals surface area contributed by atoms with Crippen LogP contribution in [0.5, 0.6) is 0 Å². The van der Waals surface area contributed by atoms with E-state index in [-0.39, 0.29) is 10.3 Å². The predicted molar refractivity (Wildman–Crippen MR) is 69.3 cm³/mol. The highest BCUT2D eigenvalue weighted by Crippen LogP contribution is 2.05. The standard InChI is InChI=1S/C10H9N5O2S.H2O/c11-9(16)14-12-6-7-8(13-10(17)18-7)15-4-2-1-3-5-15;/h1-6H,(H3-,11,12,13,14,16,17);1H2. The van der Waals surface area contributed by atoms with Gasteiger partial charge in [0, 0.05) is 0 Å². The Kier molecular flexibility index (Phi) is 4.92. The average Bonchev–Trinajstić information content (AvgIpc) is 2.71. The third-order valence-electron chi connectivity index (χ3n) is 1.96. The Labute approximate surface area is 111 Å². The number of aromatic nitrogens is 2. The van der Waals surface area contributed by atoms with Crippen LogP contribution in [0.3, 0.4) is 0 Å². The van der Waals surface area contributed by atoms with Crippen LogP contribution in [0.15, 0.2) is 45.6 Å². The summed E-state index contributed by atoms with van der Waals surface area (Å²) in [6.45, 7) is 0. The Balaban J connectivity index is 0.00000180. The van der Waals surface area contributed by atoms with E-state index in [4.69, 9.17) is 5.73 Å². The molecule has 0 fully saturated rings. The number of rotatable bonds is 3. The smallest absolute Gasteiger partial charge is 0.390 e. The molecule has 0 radical (unpaired) electrons. The zero-order valence-corrected chi connectivity index (χ0v) is 10.4. The fraction of sp³-hybridized carbons (Fsp3) is 0. The van der Waals surface area contributed by atoms with Crippen molar-refractivity contribution in [2.45, 2.75) is 0 Å². The second kappa shape index (κ2) is 6.42. The summed E-state index contributed by atoms with van der Waals surface area (Å²) in [4.78, 5) is 14.4. The van der Waals surface area contributed by atoms with Gasteiger partial charge in [-0.3, -0.25) is 0 Å². The second-order valence-corrected chi connectivity index (χ2v) is 4.21. The van der Waals surface area contributed by atoms with Gasteiger partial charge in [-0.25, -0.2) is 9.36 Å². The number of nitrogens with one attached hydrogen (secondary N) is 1. The highest BCUT2D eigenvalue weighted by Gasteiger charge is 2.15. The van der Waals surface area contributed by atoms with E-state index in [0.29, 0.717) is 10.7 Å². The first kappa shape index (κ1) is 14.5. The molecular formula is C10H11N5O3S. The van der Waals surface area contributed by atoms with E-state index < -0.39 is 6.02 Å². The first-order chi connectivity index (χ1) is 8.66. The molecule has 2 aromatic rings. The van der Waals surface area contributed by atoms with Crippen LogP contribution >= 0.6 is 11.3 Å². The number of pyridine rings is 1. The number of hydrogen-bond donors (Lipinski definition) is 2. The molecule has 8 nitrogen and oxygen atoms in total. The summed E-state index contributed by atoms with van der Waals surface area (Å²) in [7, 11) is 0. The Morgan fingerprint density at radius 2 is 2.11 bits per heavy atom. The van der Waals surface area contributed by atoms with Gasteiger partial charge in [0.1, 0.15) is 4.88 Å². The van der Waals surface area contributed by atoms with Crippen molar-refractivity contribution in [3.63, 3.8) is 0 Å². The van der Waals surface area contributed by atoms with Gasteiger partial charge in [0.2, 0.25) is 0 Å². The third-order valence-corrected chi connectivity index (χ3v) is 2.77. The number of nitrogens with zero attached hydrogens (tertiary/aromatic N) is 3. The third kappa shape index (κ3) is 3.72. The fourth-order valence-corrected chi connectivity index (χ4v) is 2.00. The fourth-order valence-electron chi connectivity index (χ4n) is 1.30. The van der Waals surface area contributed by atoms with Crippen molar-refractivity contribution in [1.29, 1.82) is 0 Å². The molecule has 5 N–H and O–H groups in total. The molecule has 100 valence electrons. The molecule has 0 aliphatic carbocycles. The minimum Gasteiger partial charge on any atom is -0.845 e. The second-order valence-electron chi connectivity index (χ2n) is 3.19. The molecule has 0 aliphatic heterocycles. The molecule has 0 amide bonds. The summed E-state index contributed by atoms with van der Waals surface area (Å²) >= 11 is 0.967. The quantitative estimate of drug-likeness (QED) is 0.288. The predicted octanol–water partition coefficient (Wildman–Crippen LogP) is -2.10. The van der Waals surface area contributed by atoms with Crippen molar-refractivity contribution in [3.8, 4) is 5.82 Å². The highest BCUT2D eigenvalue weighted by atomic mass is 32.1. The number of amidine groups is 1. The average molecular weight is 281 g/mol. The van der Waals surface area contributed by atoms with Gasteiger partial charge in [-0.05, 0) is 23.5 Å². The Hall–Kier alpha value is -2.52. The van der Waals surface area contributed by atoms with Gasteiger partial charge in [-0.2, -0.15) is 10.1 Å². The molecule has 0 saturated heterocycles. The maximum Gasteiger partial charge on any atom is 0.390 e. The van der Waals surface area contributed by atoms with Gasteiger partial charge in [0.25, 0.3) is 0 Å². The maximum absolute atomic E-state index is 11.3. The van der Waals surface area contributed by atoms with Gasteiger partial charge in [-0.1, -0.05) is 6.07 Å². The first-order valence-electron chi connectivity index (χ1n) is 4.90. The number of H-pyrrole nitrogens is 1. The summed E-state index contributed by atoms with van der Waals surface area (Å²) in [5, 5.41) is 17.1. The van der Waals surface area contributed by atoms with E-state index in [2.05, 4.69) is 15.2 Å². The van der Waals surface area contributed by atoms with Crippen molar-refractivity contribution in [1.82, 2.24) is 4.98 Å². The topological polar surface area (TPSA) is 142 Å². The number of aromatic amines is 1. The SMILES string of the molecule is N/C([O-])=N/N=C/c1sc(=O)[nH]c1-[n+]1ccccc1.O. The molecule has 0 unspecified atom stereocenters. The van der Waals surface area contributed by atoms with E-state index >= 15 is 0 Å². The minimum atomic E-state index is -0.886. The summed E-state index contributed by atoms with van der Waals surface area (Å²) in [5.41, 5.74) is 4.82. The lowest BCUT2D eigenvalue weighted by atomic mass is 10.4. The molecule has 0 aliphatic rings. The van der Waals surface area contributed by atoms with Crippen LogP contribution in [0.1, 0.15) is 4.88 Å². The largest absolute Gasteiger partial charge is 0.845 e. The van der Waals surface area contributed by atoms with Gasteiger partial charge < -0.3 is 16.3 Å². The monoisotopic (exact) mass is 281 g/mol. The van der Waals surface area contributed by atoms with E-state index in [9.17, 15) is 9.90 Å². The summed E-state index contributed by atoms with van der Waals surface area (Å²) in [5.74, 6) is 0.564. The van der Waals surface area contributed by atoms with E-state index in [1.54, 1.807) is 17.0 Å². The van der Waals surface area contributed by atoms with E-state index in [1.807, 2.05) is 18.2 Å². The molecule has 2 heterocycles. The molecule has 2 aromatic heterocycles. The van der Waals surface area contributed by atoms with Crippen molar-refractivity contribution in [2.24, 2.45) is 15.9 Å². The molecule has 0 aromatic carbocycles. The van der Waals surface area contributed by atoms with Crippen LogP contribution in [0.4, 0.5) is 0 Å². The molecule has 0 saturated carbocycles. The Morgan fingerprint density at radius 1 is 1.42 bits per heavy atom. The van der Waals surface area contributed by atoms with Gasteiger partial charge in [0.05, 0.1) is 24.6 Å². The summed E-state index contributed by atoms with van der Waals surface area (Å²) in [6.07, 6.45) is 4.86. The number of nitrogens with two attached hydrogens (primary N) is 1. The van der Waals surface area contributed by atoms with Crippen LogP contribution in [0.25, 0.3) is 5.82 Å². The number of thiazole rings is 1. The minimum absolute atomic E-state index is 0. The molecule has 0 atom stereocenters. The molecular weight excluding hydrogens is 270 g/mol. The first-order valence-corrected chi connectivity index (χ1v) is 5.72. The summed E-state index contributed by atoms with van der Waals surface area (Å²) < 4.78 is 1.73. The molecule has 0 bridgehead atoms. The lowest BCUT2D eigenvalue weighted by Gasteiger charge is -1.96. The lowest BCUT2D eigenvalue weighted by Crippen LogP contribution is -2.31. The Morgan fingerprint density at radius 3 is 2.74 bits per heavy atom. The van der Waals surface area contributed by atoms with Gasteiger partial charge in [0.15, 0.2) is 0 Å². The Bertz CT molecular complexity index is 643. The number of hydrogen-bond acceptors (Lipinski definition) is 5. The zero-order valence-electron chi connectivity index (χ0n) is 9.61. The van der Waals surface area contributed by atoms with Crippen LogP contribution < -0.4 is 20.3 Å². The van der Waals surface area contributed by atoms with Crippen molar-refractivity contribution < 1.29 is 15.1 Å². The van der Waals surface area contributed by atoms with E-state index in [1.165, 1.54) is 6.21 Å². The zero-order chi connectivity index (χ0) is 13.0. The maximum atomic E-state index is 11.3. The normalized spacial score (nSPS) is 11.5.